The Hall–Kier alpha value is -1.57. The Morgan fingerprint density at radius 1 is 1.25 bits per heavy atom. The summed E-state index contributed by atoms with van der Waals surface area (Å²) < 4.78 is 0. The highest BCUT2D eigenvalue weighted by Gasteiger charge is 2.07. The van der Waals surface area contributed by atoms with E-state index in [0.29, 0.717) is 12.0 Å². The predicted octanol–water partition coefficient (Wildman–Crippen LogP) is 3.49. The van der Waals surface area contributed by atoms with Crippen LogP contribution in [0.4, 0.5) is 0 Å². The molecule has 0 fully saturated rings. The van der Waals surface area contributed by atoms with Gasteiger partial charge in [-0.05, 0) is 50.0 Å². The molecule has 1 rings (SSSR count). The molecule has 0 saturated carbocycles. The van der Waals surface area contributed by atoms with Crippen LogP contribution in [-0.4, -0.2) is 11.1 Å². The van der Waals surface area contributed by atoms with Crippen molar-refractivity contribution >= 4 is 12.0 Å². The van der Waals surface area contributed by atoms with Gasteiger partial charge >= 0.3 is 5.97 Å². The molecule has 0 aliphatic rings. The zero-order valence-corrected chi connectivity index (χ0v) is 10.3. The van der Waals surface area contributed by atoms with Gasteiger partial charge in [-0.15, -0.1) is 0 Å². The first kappa shape index (κ1) is 12.5. The summed E-state index contributed by atoms with van der Waals surface area (Å²) in [5.41, 5.74) is 4.95. The highest BCUT2D eigenvalue weighted by Crippen LogP contribution is 2.20. The average Bonchev–Trinajstić information content (AvgIpc) is 2.15. The Balaban J connectivity index is 3.29. The Labute approximate surface area is 96.6 Å². The molecule has 86 valence electrons. The van der Waals surface area contributed by atoms with Gasteiger partial charge in [0.05, 0.1) is 0 Å². The molecule has 0 aliphatic heterocycles. The van der Waals surface area contributed by atoms with Crippen LogP contribution in [-0.2, 0) is 4.79 Å². The van der Waals surface area contributed by atoms with E-state index in [9.17, 15) is 4.79 Å². The normalized spacial score (nSPS) is 11.6. The minimum absolute atomic E-state index is 0.454. The minimum atomic E-state index is -0.832. The highest BCUT2D eigenvalue weighted by atomic mass is 16.4. The largest absolute Gasteiger partial charge is 0.478 e. The van der Waals surface area contributed by atoms with Gasteiger partial charge in [-0.1, -0.05) is 24.6 Å². The van der Waals surface area contributed by atoms with E-state index in [-0.39, 0.29) is 0 Å². The van der Waals surface area contributed by atoms with E-state index in [1.165, 1.54) is 5.56 Å². The predicted molar refractivity (Wildman–Crippen MR) is 66.6 cm³/mol. The van der Waals surface area contributed by atoms with Gasteiger partial charge in [-0.25, -0.2) is 4.79 Å². The Morgan fingerprint density at radius 2 is 1.75 bits per heavy atom. The second-order valence-electron chi connectivity index (χ2n) is 4.14. The molecule has 2 nitrogen and oxygen atoms in total. The summed E-state index contributed by atoms with van der Waals surface area (Å²) in [5.74, 6) is -0.832. The molecule has 1 aromatic rings. The van der Waals surface area contributed by atoms with E-state index in [2.05, 4.69) is 12.1 Å². The third kappa shape index (κ3) is 2.72. The van der Waals surface area contributed by atoms with Crippen LogP contribution in [0.5, 0.6) is 0 Å². The third-order valence-electron chi connectivity index (χ3n) is 2.71. The molecule has 0 aromatic heterocycles. The lowest BCUT2D eigenvalue weighted by molar-refractivity contribution is -0.132. The van der Waals surface area contributed by atoms with E-state index in [4.69, 9.17) is 5.11 Å². The van der Waals surface area contributed by atoms with Crippen molar-refractivity contribution in [1.82, 2.24) is 0 Å². The second-order valence-corrected chi connectivity index (χ2v) is 4.14. The maximum Gasteiger partial charge on any atom is 0.331 e. The quantitative estimate of drug-likeness (QED) is 0.788. The Kier molecular flexibility index (Phi) is 3.88. The van der Waals surface area contributed by atoms with Gasteiger partial charge in [-0.3, -0.25) is 0 Å². The summed E-state index contributed by atoms with van der Waals surface area (Å²) in [6, 6.07) is 4.15. The van der Waals surface area contributed by atoms with Crippen LogP contribution in [0.1, 0.15) is 35.6 Å². The topological polar surface area (TPSA) is 37.3 Å². The van der Waals surface area contributed by atoms with E-state index >= 15 is 0 Å². The maximum atomic E-state index is 11.0. The molecule has 1 aromatic carbocycles. The number of hydrogen-bond donors (Lipinski definition) is 1. The molecule has 1 N–H and O–H groups in total. The van der Waals surface area contributed by atoms with Crippen LogP contribution in [0.25, 0.3) is 6.08 Å². The Bertz CT molecular complexity index is 419. The first-order valence-electron chi connectivity index (χ1n) is 5.47. The van der Waals surface area contributed by atoms with Crippen LogP contribution in [0.3, 0.4) is 0 Å². The van der Waals surface area contributed by atoms with Crippen molar-refractivity contribution in [3.05, 3.63) is 40.0 Å². The molecular weight excluding hydrogens is 200 g/mol. The molecule has 0 radical (unpaired) electrons. The zero-order chi connectivity index (χ0) is 12.3. The molecule has 0 spiro atoms. The monoisotopic (exact) mass is 218 g/mol. The SMILES string of the molecule is CC/C(=C\c1c(C)cc(C)cc1C)C(=O)O. The van der Waals surface area contributed by atoms with Crippen molar-refractivity contribution < 1.29 is 9.90 Å². The van der Waals surface area contributed by atoms with Crippen molar-refractivity contribution in [3.8, 4) is 0 Å². The zero-order valence-electron chi connectivity index (χ0n) is 10.3. The molecule has 0 bridgehead atoms. The first-order chi connectivity index (χ1) is 7.45. The summed E-state index contributed by atoms with van der Waals surface area (Å²) in [6.45, 7) is 7.94. The van der Waals surface area contributed by atoms with Crippen molar-refractivity contribution in [2.45, 2.75) is 34.1 Å². The number of carboxylic acid groups (broad SMARTS) is 1. The first-order valence-corrected chi connectivity index (χ1v) is 5.47. The second kappa shape index (κ2) is 4.97. The number of carbonyl (C=O) groups is 1. The molecule has 0 heterocycles. The Morgan fingerprint density at radius 3 is 2.12 bits per heavy atom. The van der Waals surface area contributed by atoms with Gasteiger partial charge in [0.15, 0.2) is 0 Å². The van der Waals surface area contributed by atoms with Gasteiger partial charge in [0.2, 0.25) is 0 Å². The number of hydrogen-bond acceptors (Lipinski definition) is 1. The molecule has 0 aliphatic carbocycles. The van der Waals surface area contributed by atoms with E-state index in [1.54, 1.807) is 6.08 Å². The van der Waals surface area contributed by atoms with Crippen LogP contribution >= 0.6 is 0 Å². The van der Waals surface area contributed by atoms with Gasteiger partial charge < -0.3 is 5.11 Å². The van der Waals surface area contributed by atoms with Crippen LogP contribution in [0.15, 0.2) is 17.7 Å². The third-order valence-corrected chi connectivity index (χ3v) is 2.71. The van der Waals surface area contributed by atoms with Crippen molar-refractivity contribution in [1.29, 1.82) is 0 Å². The summed E-state index contributed by atoms with van der Waals surface area (Å²) in [6.07, 6.45) is 2.33. The van der Waals surface area contributed by atoms with Crippen LogP contribution in [0.2, 0.25) is 0 Å². The number of aliphatic carboxylic acids is 1. The standard InChI is InChI=1S/C14H18O2/c1-5-12(14(15)16)8-13-10(3)6-9(2)7-11(13)4/h6-8H,5H2,1-4H3,(H,15,16)/b12-8+. The summed E-state index contributed by atoms with van der Waals surface area (Å²) in [7, 11) is 0. The van der Waals surface area contributed by atoms with Crippen LogP contribution < -0.4 is 0 Å². The van der Waals surface area contributed by atoms with Gasteiger partial charge in [0.1, 0.15) is 0 Å². The van der Waals surface area contributed by atoms with E-state index in [0.717, 1.165) is 16.7 Å². The lowest BCUT2D eigenvalue weighted by Crippen LogP contribution is -2.00. The molecular formula is C14H18O2. The lowest BCUT2D eigenvalue weighted by Gasteiger charge is -2.08. The lowest BCUT2D eigenvalue weighted by atomic mass is 9.97. The number of aryl methyl sites for hydroxylation is 3. The summed E-state index contributed by atoms with van der Waals surface area (Å²) in [5, 5.41) is 9.00. The average molecular weight is 218 g/mol. The molecule has 0 atom stereocenters. The molecule has 0 unspecified atom stereocenters. The fraction of sp³-hybridized carbons (Fsp3) is 0.357. The summed E-state index contributed by atoms with van der Waals surface area (Å²) in [4.78, 5) is 11.0. The molecule has 0 saturated heterocycles. The fourth-order valence-corrected chi connectivity index (χ4v) is 1.91. The van der Waals surface area contributed by atoms with Crippen molar-refractivity contribution in [2.24, 2.45) is 0 Å². The van der Waals surface area contributed by atoms with Gasteiger partial charge in [0, 0.05) is 5.57 Å². The highest BCUT2D eigenvalue weighted by molar-refractivity contribution is 5.92. The number of rotatable bonds is 3. The van der Waals surface area contributed by atoms with E-state index < -0.39 is 5.97 Å². The number of benzene rings is 1. The van der Waals surface area contributed by atoms with E-state index in [1.807, 2.05) is 27.7 Å². The number of carboxylic acids is 1. The fourth-order valence-electron chi connectivity index (χ4n) is 1.91. The molecule has 0 amide bonds. The smallest absolute Gasteiger partial charge is 0.331 e. The molecule has 2 heteroatoms. The minimum Gasteiger partial charge on any atom is -0.478 e. The maximum absolute atomic E-state index is 11.0. The van der Waals surface area contributed by atoms with Crippen LogP contribution in [0, 0.1) is 20.8 Å². The molecule has 16 heavy (non-hydrogen) atoms. The van der Waals surface area contributed by atoms with Gasteiger partial charge in [0.25, 0.3) is 0 Å². The van der Waals surface area contributed by atoms with Crippen molar-refractivity contribution in [2.75, 3.05) is 0 Å². The van der Waals surface area contributed by atoms with Crippen molar-refractivity contribution in [3.63, 3.8) is 0 Å². The summed E-state index contributed by atoms with van der Waals surface area (Å²) >= 11 is 0. The van der Waals surface area contributed by atoms with Gasteiger partial charge in [-0.2, -0.15) is 0 Å².